The van der Waals surface area contributed by atoms with E-state index in [9.17, 15) is 0 Å². The van der Waals surface area contributed by atoms with E-state index in [2.05, 4.69) is 61.5 Å². The number of anilines is 1. The molecule has 18 heavy (non-hydrogen) atoms. The van der Waals surface area contributed by atoms with Crippen molar-refractivity contribution in [2.45, 2.75) is 19.9 Å². The van der Waals surface area contributed by atoms with Crippen molar-refractivity contribution in [1.29, 1.82) is 0 Å². The molecule has 0 saturated heterocycles. The summed E-state index contributed by atoms with van der Waals surface area (Å²) >= 11 is 7.01. The van der Waals surface area contributed by atoms with E-state index in [1.165, 1.54) is 5.56 Å². The summed E-state index contributed by atoms with van der Waals surface area (Å²) in [6.45, 7) is 4.17. The average molecular weight is 373 g/mol. The highest BCUT2D eigenvalue weighted by molar-refractivity contribution is 9.11. The first-order valence-corrected chi connectivity index (χ1v) is 7.27. The van der Waals surface area contributed by atoms with Gasteiger partial charge in [-0.2, -0.15) is 5.10 Å². The number of aryl methyl sites for hydroxylation is 2. The molecule has 1 N–H and O–H groups in total. The molecule has 0 saturated carbocycles. The highest BCUT2D eigenvalue weighted by Gasteiger charge is 2.12. The molecule has 1 aromatic heterocycles. The van der Waals surface area contributed by atoms with Gasteiger partial charge in [0.2, 0.25) is 0 Å². The molecule has 0 radical (unpaired) electrons. The maximum Gasteiger partial charge on any atom is 0.0646 e. The molecule has 0 aliphatic heterocycles. The Morgan fingerprint density at radius 1 is 1.33 bits per heavy atom. The van der Waals surface area contributed by atoms with Gasteiger partial charge in [0.1, 0.15) is 0 Å². The molecule has 1 aromatic carbocycles. The number of nitrogens with one attached hydrogen (secondary N) is 1. The lowest BCUT2D eigenvalue weighted by Crippen LogP contribution is -2.07. The zero-order valence-corrected chi connectivity index (χ0v) is 13.7. The minimum Gasteiger partial charge on any atom is -0.377 e. The van der Waals surface area contributed by atoms with Crippen molar-refractivity contribution in [2.75, 3.05) is 5.32 Å². The van der Waals surface area contributed by atoms with Gasteiger partial charge >= 0.3 is 0 Å². The Labute approximate surface area is 124 Å². The minimum atomic E-state index is 0.219. The highest BCUT2D eigenvalue weighted by Crippen LogP contribution is 2.29. The Morgan fingerprint density at radius 2 is 2.06 bits per heavy atom. The van der Waals surface area contributed by atoms with E-state index in [0.29, 0.717) is 0 Å². The van der Waals surface area contributed by atoms with Crippen LogP contribution in [0.2, 0.25) is 0 Å². The molecule has 5 heteroatoms. The molecule has 0 aliphatic rings. The molecule has 3 nitrogen and oxygen atoms in total. The summed E-state index contributed by atoms with van der Waals surface area (Å²) in [5, 5.41) is 7.85. The van der Waals surface area contributed by atoms with Crippen LogP contribution in [0.1, 0.15) is 24.2 Å². The van der Waals surface area contributed by atoms with Crippen LogP contribution in [0.25, 0.3) is 0 Å². The van der Waals surface area contributed by atoms with E-state index in [1.807, 2.05) is 30.8 Å². The van der Waals surface area contributed by atoms with Gasteiger partial charge in [-0.05, 0) is 48.0 Å². The first kappa shape index (κ1) is 13.6. The van der Waals surface area contributed by atoms with Gasteiger partial charge in [0, 0.05) is 33.4 Å². The number of benzene rings is 1. The molecule has 1 atom stereocenters. The van der Waals surface area contributed by atoms with Crippen molar-refractivity contribution >= 4 is 37.5 Å². The van der Waals surface area contributed by atoms with Crippen LogP contribution in [-0.2, 0) is 7.05 Å². The Kier molecular flexibility index (Phi) is 4.12. The molecule has 0 amide bonds. The average Bonchev–Trinajstić information content (AvgIpc) is 2.62. The fourth-order valence-corrected chi connectivity index (χ4v) is 3.12. The third-order valence-corrected chi connectivity index (χ3v) is 3.97. The summed E-state index contributed by atoms with van der Waals surface area (Å²) in [6.07, 6.45) is 2.06. The normalized spacial score (nSPS) is 12.5. The summed E-state index contributed by atoms with van der Waals surface area (Å²) in [5.74, 6) is 0. The second-order valence-electron chi connectivity index (χ2n) is 4.33. The molecule has 0 bridgehead atoms. The number of rotatable bonds is 3. The molecule has 1 heterocycles. The predicted octanol–water partition coefficient (Wildman–Crippen LogP) is 4.43. The van der Waals surface area contributed by atoms with E-state index < -0.39 is 0 Å². The van der Waals surface area contributed by atoms with Crippen LogP contribution in [0.15, 0.2) is 33.3 Å². The van der Waals surface area contributed by atoms with E-state index in [1.54, 1.807) is 0 Å². The third-order valence-electron chi connectivity index (χ3n) is 2.82. The van der Waals surface area contributed by atoms with Crippen LogP contribution in [0.5, 0.6) is 0 Å². The van der Waals surface area contributed by atoms with Crippen molar-refractivity contribution in [3.8, 4) is 0 Å². The lowest BCUT2D eigenvalue weighted by atomic mass is 10.1. The summed E-state index contributed by atoms with van der Waals surface area (Å²) < 4.78 is 3.95. The van der Waals surface area contributed by atoms with Crippen LogP contribution in [0, 0.1) is 6.92 Å². The van der Waals surface area contributed by atoms with E-state index in [4.69, 9.17) is 0 Å². The van der Waals surface area contributed by atoms with E-state index >= 15 is 0 Å². The van der Waals surface area contributed by atoms with Gasteiger partial charge in [-0.15, -0.1) is 0 Å². The number of aromatic nitrogens is 2. The second-order valence-corrected chi connectivity index (χ2v) is 6.10. The van der Waals surface area contributed by atoms with E-state index in [0.717, 1.165) is 20.3 Å². The molecule has 1 unspecified atom stereocenters. The largest absolute Gasteiger partial charge is 0.377 e. The molecule has 2 rings (SSSR count). The van der Waals surface area contributed by atoms with Crippen LogP contribution >= 0.6 is 31.9 Å². The maximum atomic E-state index is 4.37. The van der Waals surface area contributed by atoms with Crippen LogP contribution in [0.4, 0.5) is 5.69 Å². The summed E-state index contributed by atoms with van der Waals surface area (Å²) in [4.78, 5) is 0. The molecular formula is C13H15Br2N3. The molecule has 0 aliphatic carbocycles. The van der Waals surface area contributed by atoms with Gasteiger partial charge in [0.05, 0.1) is 11.7 Å². The lowest BCUT2D eigenvalue weighted by molar-refractivity contribution is 0.756. The monoisotopic (exact) mass is 371 g/mol. The quantitative estimate of drug-likeness (QED) is 0.863. The molecule has 2 aromatic rings. The van der Waals surface area contributed by atoms with Crippen LogP contribution in [-0.4, -0.2) is 9.78 Å². The minimum absolute atomic E-state index is 0.219. The smallest absolute Gasteiger partial charge is 0.0646 e. The number of hydrogen-bond donors (Lipinski definition) is 1. The van der Waals surface area contributed by atoms with Crippen LogP contribution < -0.4 is 5.32 Å². The van der Waals surface area contributed by atoms with Gasteiger partial charge in [-0.1, -0.05) is 15.9 Å². The van der Waals surface area contributed by atoms with E-state index in [-0.39, 0.29) is 6.04 Å². The van der Waals surface area contributed by atoms with Gasteiger partial charge < -0.3 is 5.32 Å². The van der Waals surface area contributed by atoms with Gasteiger partial charge in [0.15, 0.2) is 0 Å². The first-order chi connectivity index (χ1) is 8.47. The van der Waals surface area contributed by atoms with Crippen LogP contribution in [0.3, 0.4) is 0 Å². The Balaban J connectivity index is 2.21. The predicted molar refractivity (Wildman–Crippen MR) is 81.8 cm³/mol. The second kappa shape index (κ2) is 5.45. The summed E-state index contributed by atoms with van der Waals surface area (Å²) in [7, 11) is 1.94. The highest BCUT2D eigenvalue weighted by atomic mass is 79.9. The van der Waals surface area contributed by atoms with Gasteiger partial charge in [-0.25, -0.2) is 0 Å². The molecule has 0 fully saturated rings. The van der Waals surface area contributed by atoms with Crippen molar-refractivity contribution in [3.05, 3.63) is 44.6 Å². The van der Waals surface area contributed by atoms with Crippen molar-refractivity contribution in [3.63, 3.8) is 0 Å². The molecule has 96 valence electrons. The fraction of sp³-hybridized carbons (Fsp3) is 0.308. The fourth-order valence-electron chi connectivity index (χ4n) is 1.96. The standard InChI is InChI=1S/C13H15Br2N3/c1-8(11-7-18(3)17-9(11)2)16-13-5-4-10(14)6-12(13)15/h4-8,16H,1-3H3. The number of hydrogen-bond acceptors (Lipinski definition) is 2. The van der Waals surface area contributed by atoms with Crippen molar-refractivity contribution < 1.29 is 0 Å². The van der Waals surface area contributed by atoms with Gasteiger partial charge in [0.25, 0.3) is 0 Å². The number of nitrogens with zero attached hydrogens (tertiary/aromatic N) is 2. The Hall–Kier alpha value is -0.810. The molecular weight excluding hydrogens is 358 g/mol. The van der Waals surface area contributed by atoms with Crippen molar-refractivity contribution in [1.82, 2.24) is 9.78 Å². The summed E-state index contributed by atoms with van der Waals surface area (Å²) in [6, 6.07) is 6.33. The number of halogens is 2. The zero-order valence-electron chi connectivity index (χ0n) is 10.5. The molecule has 0 spiro atoms. The topological polar surface area (TPSA) is 29.9 Å². The van der Waals surface area contributed by atoms with Crippen molar-refractivity contribution in [2.24, 2.45) is 7.05 Å². The zero-order chi connectivity index (χ0) is 13.3. The Bertz CT molecular complexity index is 563. The maximum absolute atomic E-state index is 4.37. The SMILES string of the molecule is Cc1nn(C)cc1C(C)Nc1ccc(Br)cc1Br. The third kappa shape index (κ3) is 2.95. The first-order valence-electron chi connectivity index (χ1n) is 5.69. The lowest BCUT2D eigenvalue weighted by Gasteiger charge is -2.16. The van der Waals surface area contributed by atoms with Gasteiger partial charge in [-0.3, -0.25) is 4.68 Å². The summed E-state index contributed by atoms with van der Waals surface area (Å²) in [5.41, 5.74) is 3.35. The Morgan fingerprint density at radius 3 is 2.61 bits per heavy atom.